The van der Waals surface area contributed by atoms with Crippen molar-refractivity contribution in [1.29, 1.82) is 0 Å². The smallest absolute Gasteiger partial charge is 0.468 e. The molecule has 0 amide bonds. The first kappa shape index (κ1) is 15.9. The summed E-state index contributed by atoms with van der Waals surface area (Å²) in [6, 6.07) is 0. The lowest BCUT2D eigenvalue weighted by atomic mass is 9.70. The van der Waals surface area contributed by atoms with E-state index in [1.165, 1.54) is 11.3 Å². The van der Waals surface area contributed by atoms with Crippen molar-refractivity contribution in [3.8, 4) is 0 Å². The fraction of sp³-hybridized carbons (Fsp3) is 0.667. The van der Waals surface area contributed by atoms with Crippen LogP contribution in [0.5, 0.6) is 0 Å². The second-order valence-corrected chi connectivity index (χ2v) is 7.54. The molecule has 1 aromatic heterocycles. The molecule has 0 aromatic carbocycles. The molecule has 2 rings (SSSR count). The largest absolute Gasteiger partial charge is 0.481 e. The fourth-order valence-electron chi connectivity index (χ4n) is 1.98. The highest BCUT2D eigenvalue weighted by atomic mass is 79.9. The summed E-state index contributed by atoms with van der Waals surface area (Å²) in [4.78, 5) is 15.4. The lowest BCUT2D eigenvalue weighted by molar-refractivity contribution is -0.137. The van der Waals surface area contributed by atoms with Crippen LogP contribution < -0.4 is 0 Å². The zero-order valence-electron chi connectivity index (χ0n) is 11.8. The summed E-state index contributed by atoms with van der Waals surface area (Å²) in [5, 5.41) is 11.7. The molecule has 1 aromatic rings. The van der Waals surface area contributed by atoms with E-state index < -0.39 is 30.1 Å². The Morgan fingerprint density at radius 2 is 2.00 bits per heavy atom. The predicted molar refractivity (Wildman–Crippen MR) is 80.9 cm³/mol. The molecular formula is C12H17BBrNO4S. The van der Waals surface area contributed by atoms with Crippen LogP contribution in [0.2, 0.25) is 0 Å². The summed E-state index contributed by atoms with van der Waals surface area (Å²) in [5.74, 6) is -1.30. The number of aliphatic carboxylic acids is 1. The highest BCUT2D eigenvalue weighted by Crippen LogP contribution is 2.42. The van der Waals surface area contributed by atoms with Gasteiger partial charge in [-0.05, 0) is 43.6 Å². The van der Waals surface area contributed by atoms with Crippen molar-refractivity contribution in [2.45, 2.75) is 51.1 Å². The molecule has 1 unspecified atom stereocenters. The highest BCUT2D eigenvalue weighted by Gasteiger charge is 2.54. The number of aromatic nitrogens is 1. The van der Waals surface area contributed by atoms with Crippen molar-refractivity contribution in [1.82, 2.24) is 4.98 Å². The summed E-state index contributed by atoms with van der Waals surface area (Å²) in [6.07, 6.45) is -0.0726. The molecule has 110 valence electrons. The van der Waals surface area contributed by atoms with Gasteiger partial charge in [0, 0.05) is 5.38 Å². The van der Waals surface area contributed by atoms with E-state index in [0.717, 1.165) is 0 Å². The van der Waals surface area contributed by atoms with E-state index in [-0.39, 0.29) is 6.42 Å². The van der Waals surface area contributed by atoms with E-state index in [2.05, 4.69) is 20.9 Å². The van der Waals surface area contributed by atoms with Crippen LogP contribution in [0, 0.1) is 0 Å². The molecule has 0 aliphatic carbocycles. The first-order valence-corrected chi connectivity index (χ1v) is 7.98. The third kappa shape index (κ3) is 3.08. The van der Waals surface area contributed by atoms with Crippen LogP contribution in [0.3, 0.4) is 0 Å². The molecule has 1 atom stereocenters. The number of thiazole rings is 1. The number of hydrogen-bond donors (Lipinski definition) is 1. The van der Waals surface area contributed by atoms with Gasteiger partial charge in [0.15, 0.2) is 0 Å². The number of rotatable bonds is 4. The summed E-state index contributed by atoms with van der Waals surface area (Å²) in [5.41, 5.74) is -0.966. The Hall–Kier alpha value is -0.435. The van der Waals surface area contributed by atoms with Crippen LogP contribution in [0.15, 0.2) is 9.98 Å². The van der Waals surface area contributed by atoms with Crippen molar-refractivity contribution in [3.63, 3.8) is 0 Å². The first-order chi connectivity index (χ1) is 9.12. The zero-order chi connectivity index (χ0) is 15.1. The van der Waals surface area contributed by atoms with Gasteiger partial charge in [-0.3, -0.25) is 4.79 Å². The number of nitrogens with zero attached hydrogens (tertiary/aromatic N) is 1. The van der Waals surface area contributed by atoms with Gasteiger partial charge >= 0.3 is 13.1 Å². The summed E-state index contributed by atoms with van der Waals surface area (Å²) >= 11 is 4.70. The minimum Gasteiger partial charge on any atom is -0.481 e. The van der Waals surface area contributed by atoms with Crippen LogP contribution in [-0.4, -0.2) is 34.4 Å². The van der Waals surface area contributed by atoms with Gasteiger partial charge in [-0.15, -0.1) is 11.3 Å². The van der Waals surface area contributed by atoms with E-state index in [9.17, 15) is 4.79 Å². The quantitative estimate of drug-likeness (QED) is 0.834. The normalized spacial score (nSPS) is 21.9. The first-order valence-electron chi connectivity index (χ1n) is 6.31. The monoisotopic (exact) mass is 361 g/mol. The second-order valence-electron chi connectivity index (χ2n) is 5.84. The SMILES string of the molecule is CC1(C)OB(C(CC(=O)O)c2nc(Br)cs2)OC1(C)C. The van der Waals surface area contributed by atoms with Crippen LogP contribution in [0.1, 0.15) is 44.9 Å². The Balaban J connectivity index is 2.27. The molecule has 0 saturated carbocycles. The van der Waals surface area contributed by atoms with Crippen molar-refractivity contribution < 1.29 is 19.2 Å². The van der Waals surface area contributed by atoms with Crippen LogP contribution in [0.4, 0.5) is 0 Å². The van der Waals surface area contributed by atoms with E-state index in [0.29, 0.717) is 9.61 Å². The molecule has 0 bridgehead atoms. The zero-order valence-corrected chi connectivity index (χ0v) is 14.2. The molecule has 0 radical (unpaired) electrons. The second kappa shape index (κ2) is 5.40. The average Bonchev–Trinajstić information content (AvgIpc) is 2.78. The standard InChI is InChI=1S/C12H17BBrNO4S/c1-11(2)12(3,4)19-13(18-11)7(5-9(16)17)10-15-8(14)6-20-10/h6-7H,5H2,1-4H3,(H,16,17). The minimum atomic E-state index is -0.893. The third-order valence-corrected chi connectivity index (χ3v) is 5.49. The molecule has 20 heavy (non-hydrogen) atoms. The van der Waals surface area contributed by atoms with Crippen molar-refractivity contribution in [2.75, 3.05) is 0 Å². The van der Waals surface area contributed by atoms with E-state index >= 15 is 0 Å². The maximum absolute atomic E-state index is 11.1. The number of carboxylic acid groups (broad SMARTS) is 1. The summed E-state index contributed by atoms with van der Waals surface area (Å²) in [7, 11) is -0.603. The molecule has 0 spiro atoms. The number of carbonyl (C=O) groups is 1. The highest BCUT2D eigenvalue weighted by molar-refractivity contribution is 9.10. The van der Waals surface area contributed by atoms with Gasteiger partial charge in [0.1, 0.15) is 4.60 Å². The summed E-state index contributed by atoms with van der Waals surface area (Å²) in [6.45, 7) is 7.79. The number of hydrogen-bond acceptors (Lipinski definition) is 5. The van der Waals surface area contributed by atoms with Crippen molar-refractivity contribution in [3.05, 3.63) is 15.0 Å². The number of carboxylic acids is 1. The van der Waals surface area contributed by atoms with Gasteiger partial charge in [0.2, 0.25) is 0 Å². The molecule has 1 fully saturated rings. The lowest BCUT2D eigenvalue weighted by Crippen LogP contribution is -2.41. The number of halogens is 1. The molecule has 2 heterocycles. The molecule has 1 saturated heterocycles. The Morgan fingerprint density at radius 1 is 1.45 bits per heavy atom. The average molecular weight is 362 g/mol. The van der Waals surface area contributed by atoms with Crippen LogP contribution in [-0.2, 0) is 14.1 Å². The predicted octanol–water partition coefficient (Wildman–Crippen LogP) is 3.10. The summed E-state index contributed by atoms with van der Waals surface area (Å²) < 4.78 is 12.6. The van der Waals surface area contributed by atoms with E-state index in [1.54, 1.807) is 0 Å². The topological polar surface area (TPSA) is 68.7 Å². The van der Waals surface area contributed by atoms with Gasteiger partial charge in [0.25, 0.3) is 0 Å². The van der Waals surface area contributed by atoms with Gasteiger partial charge in [-0.25, -0.2) is 4.98 Å². The third-order valence-electron chi connectivity index (χ3n) is 3.81. The Morgan fingerprint density at radius 3 is 2.40 bits per heavy atom. The lowest BCUT2D eigenvalue weighted by Gasteiger charge is -2.32. The maximum atomic E-state index is 11.1. The van der Waals surface area contributed by atoms with E-state index in [4.69, 9.17) is 14.4 Å². The van der Waals surface area contributed by atoms with Gasteiger partial charge in [0.05, 0.1) is 28.4 Å². The maximum Gasteiger partial charge on any atom is 0.468 e. The molecule has 8 heteroatoms. The van der Waals surface area contributed by atoms with Gasteiger partial charge in [-0.1, -0.05) is 0 Å². The Labute approximate surface area is 131 Å². The Bertz CT molecular complexity index is 503. The van der Waals surface area contributed by atoms with E-state index in [1.807, 2.05) is 33.1 Å². The molecule has 5 nitrogen and oxygen atoms in total. The van der Waals surface area contributed by atoms with Crippen LogP contribution in [0.25, 0.3) is 0 Å². The van der Waals surface area contributed by atoms with Crippen LogP contribution >= 0.6 is 27.3 Å². The molecule has 1 aliphatic heterocycles. The van der Waals surface area contributed by atoms with Crippen molar-refractivity contribution in [2.24, 2.45) is 0 Å². The molecule has 1 aliphatic rings. The Kier molecular flexibility index (Phi) is 4.31. The minimum absolute atomic E-state index is 0.0726. The fourth-order valence-corrected chi connectivity index (χ4v) is 3.36. The molecule has 1 N–H and O–H groups in total. The van der Waals surface area contributed by atoms with Gasteiger partial charge < -0.3 is 14.4 Å². The molecular weight excluding hydrogens is 345 g/mol. The van der Waals surface area contributed by atoms with Gasteiger partial charge in [-0.2, -0.15) is 0 Å². The van der Waals surface area contributed by atoms with Crippen molar-refractivity contribution >= 4 is 40.4 Å².